The second kappa shape index (κ2) is 13.1. The number of rotatable bonds is 7. The third-order valence-corrected chi connectivity index (χ3v) is 8.32. The van der Waals surface area contributed by atoms with Crippen LogP contribution in [-0.2, 0) is 10.0 Å². The number of likely N-dealkylation sites (tertiary alicyclic amines) is 1. The van der Waals surface area contributed by atoms with Crippen molar-refractivity contribution in [3.05, 3.63) is 30.3 Å². The van der Waals surface area contributed by atoms with Crippen LogP contribution in [0.3, 0.4) is 0 Å². The summed E-state index contributed by atoms with van der Waals surface area (Å²) in [4.78, 5) is 7.75. The van der Waals surface area contributed by atoms with E-state index in [9.17, 15) is 8.42 Å². The number of benzene rings is 1. The van der Waals surface area contributed by atoms with Crippen molar-refractivity contribution in [2.24, 2.45) is 10.9 Å². The molecular weight excluding hydrogens is 537 g/mol. The maximum atomic E-state index is 12.8. The standard InChI is InChI=1S/C23H39N5O2S.HI/c1-4-24-23(26-21-12-14-27(15-13-21)19(2)3)25-18-20-10-16-28(17-11-20)31(29,30)22-8-6-5-7-9-22;/h5-9,19-21H,4,10-18H2,1-3H3,(H2,24,25,26);1H. The van der Waals surface area contributed by atoms with Crippen molar-refractivity contribution in [2.75, 3.05) is 39.3 Å². The van der Waals surface area contributed by atoms with Crippen LogP contribution in [0.1, 0.15) is 46.5 Å². The van der Waals surface area contributed by atoms with E-state index in [1.807, 2.05) is 6.07 Å². The van der Waals surface area contributed by atoms with Crippen LogP contribution in [0.4, 0.5) is 0 Å². The monoisotopic (exact) mass is 577 g/mol. The minimum Gasteiger partial charge on any atom is -0.357 e. The summed E-state index contributed by atoms with van der Waals surface area (Å²) in [6.07, 6.45) is 3.97. The summed E-state index contributed by atoms with van der Waals surface area (Å²) in [5, 5.41) is 6.99. The van der Waals surface area contributed by atoms with E-state index in [0.29, 0.717) is 36.0 Å². The molecule has 0 unspecified atom stereocenters. The van der Waals surface area contributed by atoms with Crippen molar-refractivity contribution in [1.82, 2.24) is 19.8 Å². The molecule has 0 atom stereocenters. The predicted molar refractivity (Wildman–Crippen MR) is 142 cm³/mol. The summed E-state index contributed by atoms with van der Waals surface area (Å²) < 4.78 is 27.2. The molecule has 0 aromatic heterocycles. The Hall–Kier alpha value is -0.910. The molecule has 2 heterocycles. The second-order valence-corrected chi connectivity index (χ2v) is 10.9. The van der Waals surface area contributed by atoms with E-state index in [0.717, 1.165) is 57.8 Å². The second-order valence-electron chi connectivity index (χ2n) is 8.93. The summed E-state index contributed by atoms with van der Waals surface area (Å²) >= 11 is 0. The minimum absolute atomic E-state index is 0. The van der Waals surface area contributed by atoms with E-state index >= 15 is 0 Å². The van der Waals surface area contributed by atoms with Gasteiger partial charge in [-0.15, -0.1) is 24.0 Å². The average molecular weight is 578 g/mol. The van der Waals surface area contributed by atoms with Gasteiger partial charge in [-0.3, -0.25) is 4.99 Å². The van der Waals surface area contributed by atoms with Gasteiger partial charge in [0, 0.05) is 51.4 Å². The number of piperidine rings is 2. The molecule has 182 valence electrons. The first-order valence-electron chi connectivity index (χ1n) is 11.7. The fourth-order valence-electron chi connectivity index (χ4n) is 4.37. The Balaban J connectivity index is 0.00000363. The zero-order chi connectivity index (χ0) is 22.3. The van der Waals surface area contributed by atoms with Gasteiger partial charge < -0.3 is 15.5 Å². The molecule has 2 aliphatic heterocycles. The first kappa shape index (κ1) is 27.3. The number of sulfonamides is 1. The van der Waals surface area contributed by atoms with E-state index in [1.165, 1.54) is 0 Å². The fourth-order valence-corrected chi connectivity index (χ4v) is 5.86. The van der Waals surface area contributed by atoms with Crippen LogP contribution in [0, 0.1) is 5.92 Å². The van der Waals surface area contributed by atoms with E-state index in [2.05, 4.69) is 36.3 Å². The molecule has 0 saturated carbocycles. The molecule has 0 aliphatic carbocycles. The molecule has 7 nitrogen and oxygen atoms in total. The number of halogens is 1. The van der Waals surface area contributed by atoms with Crippen molar-refractivity contribution >= 4 is 40.0 Å². The van der Waals surface area contributed by atoms with E-state index in [4.69, 9.17) is 4.99 Å². The zero-order valence-corrected chi connectivity index (χ0v) is 22.8. The fraction of sp³-hybridized carbons (Fsp3) is 0.696. The van der Waals surface area contributed by atoms with Gasteiger partial charge in [0.25, 0.3) is 0 Å². The van der Waals surface area contributed by atoms with Crippen LogP contribution in [0.2, 0.25) is 0 Å². The van der Waals surface area contributed by atoms with Crippen LogP contribution in [0.5, 0.6) is 0 Å². The Morgan fingerprint density at radius 1 is 1.06 bits per heavy atom. The predicted octanol–water partition coefficient (Wildman–Crippen LogP) is 3.13. The van der Waals surface area contributed by atoms with E-state index in [1.54, 1.807) is 28.6 Å². The topological polar surface area (TPSA) is 77.0 Å². The quantitative estimate of drug-likeness (QED) is 0.296. The number of guanidine groups is 1. The summed E-state index contributed by atoms with van der Waals surface area (Å²) in [7, 11) is -3.39. The maximum Gasteiger partial charge on any atom is 0.243 e. The van der Waals surface area contributed by atoms with Gasteiger partial charge in [0.15, 0.2) is 5.96 Å². The minimum atomic E-state index is -3.39. The van der Waals surface area contributed by atoms with Crippen molar-refractivity contribution in [3.8, 4) is 0 Å². The Kier molecular flexibility index (Phi) is 11.2. The summed E-state index contributed by atoms with van der Waals surface area (Å²) in [5.41, 5.74) is 0. The van der Waals surface area contributed by atoms with Gasteiger partial charge in [-0.1, -0.05) is 18.2 Å². The lowest BCUT2D eigenvalue weighted by molar-refractivity contribution is 0.167. The Morgan fingerprint density at radius 2 is 1.69 bits per heavy atom. The Bertz CT molecular complexity index is 803. The van der Waals surface area contributed by atoms with Crippen LogP contribution in [0.15, 0.2) is 40.2 Å². The molecule has 32 heavy (non-hydrogen) atoms. The van der Waals surface area contributed by atoms with E-state index < -0.39 is 10.0 Å². The lowest BCUT2D eigenvalue weighted by Gasteiger charge is -2.35. The molecular formula is C23H40IN5O2S. The van der Waals surface area contributed by atoms with Gasteiger partial charge in [0.2, 0.25) is 10.0 Å². The molecule has 2 fully saturated rings. The van der Waals surface area contributed by atoms with Gasteiger partial charge in [0.05, 0.1) is 4.90 Å². The lowest BCUT2D eigenvalue weighted by atomic mass is 9.98. The van der Waals surface area contributed by atoms with Crippen LogP contribution in [-0.4, -0.2) is 74.9 Å². The van der Waals surface area contributed by atoms with E-state index in [-0.39, 0.29) is 24.0 Å². The molecule has 2 aliphatic rings. The molecule has 0 radical (unpaired) electrons. The molecule has 2 saturated heterocycles. The number of nitrogens with zero attached hydrogens (tertiary/aromatic N) is 3. The lowest BCUT2D eigenvalue weighted by Crippen LogP contribution is -2.50. The highest BCUT2D eigenvalue weighted by Crippen LogP contribution is 2.24. The van der Waals surface area contributed by atoms with Crippen LogP contribution in [0.25, 0.3) is 0 Å². The average Bonchev–Trinajstić information content (AvgIpc) is 2.79. The van der Waals surface area contributed by atoms with Crippen molar-refractivity contribution in [1.29, 1.82) is 0 Å². The highest BCUT2D eigenvalue weighted by atomic mass is 127. The van der Waals surface area contributed by atoms with Crippen molar-refractivity contribution in [3.63, 3.8) is 0 Å². The van der Waals surface area contributed by atoms with Gasteiger partial charge >= 0.3 is 0 Å². The highest BCUT2D eigenvalue weighted by Gasteiger charge is 2.29. The summed E-state index contributed by atoms with van der Waals surface area (Å²) in [5.74, 6) is 1.31. The molecule has 0 spiro atoms. The normalized spacial score (nSPS) is 20.2. The molecule has 1 aromatic rings. The molecule has 9 heteroatoms. The smallest absolute Gasteiger partial charge is 0.243 e. The zero-order valence-electron chi connectivity index (χ0n) is 19.7. The SMILES string of the molecule is CCNC(=NCC1CCN(S(=O)(=O)c2ccccc2)CC1)NC1CCN(C(C)C)CC1.I. The van der Waals surface area contributed by atoms with Crippen LogP contribution >= 0.6 is 24.0 Å². The van der Waals surface area contributed by atoms with Crippen LogP contribution < -0.4 is 10.6 Å². The first-order valence-corrected chi connectivity index (χ1v) is 13.2. The summed E-state index contributed by atoms with van der Waals surface area (Å²) in [6, 6.07) is 9.81. The molecule has 2 N–H and O–H groups in total. The first-order chi connectivity index (χ1) is 14.9. The number of nitrogens with one attached hydrogen (secondary N) is 2. The van der Waals surface area contributed by atoms with Gasteiger partial charge in [0.1, 0.15) is 0 Å². The van der Waals surface area contributed by atoms with Gasteiger partial charge in [-0.25, -0.2) is 8.42 Å². The number of hydrogen-bond donors (Lipinski definition) is 2. The largest absolute Gasteiger partial charge is 0.357 e. The van der Waals surface area contributed by atoms with Crippen molar-refractivity contribution < 1.29 is 8.42 Å². The molecule has 0 bridgehead atoms. The van der Waals surface area contributed by atoms with Gasteiger partial charge in [-0.05, 0) is 64.5 Å². The number of aliphatic imine (C=N–C) groups is 1. The summed E-state index contributed by atoms with van der Waals surface area (Å²) in [6.45, 7) is 11.6. The molecule has 0 amide bonds. The third-order valence-electron chi connectivity index (χ3n) is 6.41. The maximum absolute atomic E-state index is 12.8. The Labute approximate surface area is 211 Å². The third kappa shape index (κ3) is 7.56. The number of hydrogen-bond acceptors (Lipinski definition) is 4. The molecule has 1 aromatic carbocycles. The van der Waals surface area contributed by atoms with Crippen molar-refractivity contribution in [2.45, 2.75) is 63.4 Å². The Morgan fingerprint density at radius 3 is 2.25 bits per heavy atom. The highest BCUT2D eigenvalue weighted by molar-refractivity contribution is 14.0. The van der Waals surface area contributed by atoms with Gasteiger partial charge in [-0.2, -0.15) is 4.31 Å². The molecule has 3 rings (SSSR count).